The Hall–Kier alpha value is -1.69. The Balaban J connectivity index is 3.06. The number of nitrogens with zero attached hydrogens (tertiary/aromatic N) is 1. The lowest BCUT2D eigenvalue weighted by Gasteiger charge is -2.22. The third kappa shape index (κ3) is 3.91. The van der Waals surface area contributed by atoms with Gasteiger partial charge in [0.1, 0.15) is 5.25 Å². The van der Waals surface area contributed by atoms with Crippen molar-refractivity contribution in [3.63, 3.8) is 0 Å². The fraction of sp³-hybridized carbons (Fsp3) is 0.467. The molecule has 1 rings (SSSR count). The molecule has 1 amide bonds. The third-order valence-electron chi connectivity index (χ3n) is 3.42. The minimum absolute atomic E-state index is 0.114. The minimum atomic E-state index is -1.57. The summed E-state index contributed by atoms with van der Waals surface area (Å²) < 4.78 is 12.5. The monoisotopic (exact) mass is 311 g/mol. The number of aryl methyl sites for hydroxylation is 1. The molecule has 5 nitrogen and oxygen atoms in total. The number of hydrogen-bond donors (Lipinski definition) is 1. The van der Waals surface area contributed by atoms with Gasteiger partial charge in [-0.15, -0.1) is 0 Å². The molecule has 0 saturated heterocycles. The molecule has 116 valence electrons. The molecule has 0 aliphatic rings. The first-order valence-corrected chi connectivity index (χ1v) is 8.08. The van der Waals surface area contributed by atoms with E-state index in [1.807, 2.05) is 13.8 Å². The summed E-state index contributed by atoms with van der Waals surface area (Å²) in [5.74, 6) is -1.25. The van der Waals surface area contributed by atoms with Gasteiger partial charge >= 0.3 is 5.97 Å². The number of carboxylic acids is 1. The number of rotatable bonds is 6. The average molecular weight is 311 g/mol. The standard InChI is InChI=1S/C15H21NO4S/c1-5-16(6-2)14(17)11(4)21(20)12-8-7-10(3)13(9-12)15(18)19/h7-9,11H,5-6H2,1-4H3,(H,18,19). The molecule has 0 saturated carbocycles. The molecule has 0 spiro atoms. The Morgan fingerprint density at radius 2 is 1.86 bits per heavy atom. The second-order valence-corrected chi connectivity index (χ2v) is 6.51. The number of carbonyl (C=O) groups is 2. The molecule has 6 heteroatoms. The lowest BCUT2D eigenvalue weighted by atomic mass is 10.1. The van der Waals surface area contributed by atoms with Crippen molar-refractivity contribution in [2.24, 2.45) is 0 Å². The van der Waals surface area contributed by atoms with E-state index in [1.54, 1.807) is 30.9 Å². The van der Waals surface area contributed by atoms with Crippen LogP contribution in [0, 0.1) is 6.92 Å². The van der Waals surface area contributed by atoms with E-state index in [2.05, 4.69) is 0 Å². The molecule has 1 aromatic rings. The van der Waals surface area contributed by atoms with Gasteiger partial charge in [-0.25, -0.2) is 4.79 Å². The fourth-order valence-corrected chi connectivity index (χ4v) is 3.22. The molecule has 0 bridgehead atoms. The molecular weight excluding hydrogens is 290 g/mol. The summed E-state index contributed by atoms with van der Waals surface area (Å²) in [6, 6.07) is 4.62. The highest BCUT2D eigenvalue weighted by molar-refractivity contribution is 7.86. The normalized spacial score (nSPS) is 13.5. The second kappa shape index (κ2) is 7.36. The van der Waals surface area contributed by atoms with Gasteiger partial charge in [0.2, 0.25) is 5.91 Å². The SMILES string of the molecule is CCN(CC)C(=O)C(C)S(=O)c1ccc(C)c(C(=O)O)c1. The summed E-state index contributed by atoms with van der Waals surface area (Å²) in [5, 5.41) is 8.41. The Labute approximate surface area is 127 Å². The smallest absolute Gasteiger partial charge is 0.335 e. The van der Waals surface area contributed by atoms with Crippen LogP contribution in [-0.2, 0) is 15.6 Å². The van der Waals surface area contributed by atoms with Crippen LogP contribution in [0.3, 0.4) is 0 Å². The van der Waals surface area contributed by atoms with E-state index in [1.165, 1.54) is 6.07 Å². The largest absolute Gasteiger partial charge is 0.478 e. The van der Waals surface area contributed by atoms with Crippen molar-refractivity contribution in [2.45, 2.75) is 37.8 Å². The molecule has 0 radical (unpaired) electrons. The quantitative estimate of drug-likeness (QED) is 0.872. The summed E-state index contributed by atoms with van der Waals surface area (Å²) in [5.41, 5.74) is 0.717. The molecule has 0 aromatic heterocycles. The van der Waals surface area contributed by atoms with Crippen molar-refractivity contribution in [3.05, 3.63) is 29.3 Å². The molecule has 21 heavy (non-hydrogen) atoms. The van der Waals surface area contributed by atoms with Crippen molar-refractivity contribution in [3.8, 4) is 0 Å². The van der Waals surface area contributed by atoms with E-state index in [0.29, 0.717) is 23.5 Å². The number of amides is 1. The Morgan fingerprint density at radius 1 is 1.29 bits per heavy atom. The lowest BCUT2D eigenvalue weighted by Crippen LogP contribution is -2.39. The number of hydrogen-bond acceptors (Lipinski definition) is 3. The first-order chi connectivity index (χ1) is 9.83. The summed E-state index contributed by atoms with van der Waals surface area (Å²) in [4.78, 5) is 25.3. The number of aromatic carboxylic acids is 1. The van der Waals surface area contributed by atoms with Crippen LogP contribution in [0.2, 0.25) is 0 Å². The van der Waals surface area contributed by atoms with E-state index in [0.717, 1.165) is 0 Å². The van der Waals surface area contributed by atoms with Crippen molar-refractivity contribution in [1.29, 1.82) is 0 Å². The summed E-state index contributed by atoms with van der Waals surface area (Å²) in [7, 11) is -1.57. The molecule has 0 fully saturated rings. The maximum absolute atomic E-state index is 12.5. The van der Waals surface area contributed by atoms with Crippen LogP contribution >= 0.6 is 0 Å². The van der Waals surface area contributed by atoms with Crippen molar-refractivity contribution in [2.75, 3.05) is 13.1 Å². The van der Waals surface area contributed by atoms with Crippen LogP contribution in [-0.4, -0.2) is 44.4 Å². The number of carbonyl (C=O) groups excluding carboxylic acids is 1. The maximum Gasteiger partial charge on any atom is 0.335 e. The number of benzene rings is 1. The van der Waals surface area contributed by atoms with Gasteiger partial charge in [-0.05, 0) is 45.4 Å². The predicted octanol–water partition coefficient (Wildman–Crippen LogP) is 2.06. The zero-order chi connectivity index (χ0) is 16.2. The Morgan fingerprint density at radius 3 is 2.33 bits per heavy atom. The molecule has 1 aromatic carbocycles. The maximum atomic E-state index is 12.5. The molecule has 2 unspecified atom stereocenters. The van der Waals surface area contributed by atoms with Crippen LogP contribution in [0.4, 0.5) is 0 Å². The summed E-state index contributed by atoms with van der Waals surface area (Å²) in [6.07, 6.45) is 0. The van der Waals surface area contributed by atoms with Gasteiger partial charge < -0.3 is 10.0 Å². The molecule has 0 heterocycles. The van der Waals surface area contributed by atoms with Crippen LogP contribution in [0.15, 0.2) is 23.1 Å². The topological polar surface area (TPSA) is 74.7 Å². The second-order valence-electron chi connectivity index (χ2n) is 4.73. The number of carboxylic acid groups (broad SMARTS) is 1. The highest BCUT2D eigenvalue weighted by Crippen LogP contribution is 2.18. The molecule has 1 N–H and O–H groups in total. The molecule has 0 aliphatic heterocycles. The van der Waals surface area contributed by atoms with Crippen LogP contribution in [0.5, 0.6) is 0 Å². The lowest BCUT2D eigenvalue weighted by molar-refractivity contribution is -0.129. The van der Waals surface area contributed by atoms with Gasteiger partial charge in [0, 0.05) is 18.0 Å². The van der Waals surface area contributed by atoms with Crippen molar-refractivity contribution >= 4 is 22.7 Å². The third-order valence-corrected chi connectivity index (χ3v) is 4.98. The van der Waals surface area contributed by atoms with E-state index in [-0.39, 0.29) is 11.5 Å². The fourth-order valence-electron chi connectivity index (χ4n) is 2.04. The van der Waals surface area contributed by atoms with Crippen LogP contribution in [0.1, 0.15) is 36.7 Å². The van der Waals surface area contributed by atoms with Gasteiger partial charge in [-0.3, -0.25) is 9.00 Å². The Bertz CT molecular complexity index is 567. The average Bonchev–Trinajstić information content (AvgIpc) is 2.47. The predicted molar refractivity (Wildman–Crippen MR) is 81.9 cm³/mol. The van der Waals surface area contributed by atoms with Gasteiger partial charge in [-0.1, -0.05) is 6.07 Å². The summed E-state index contributed by atoms with van der Waals surface area (Å²) in [6.45, 7) is 8.14. The highest BCUT2D eigenvalue weighted by atomic mass is 32.2. The van der Waals surface area contributed by atoms with E-state index in [9.17, 15) is 13.8 Å². The van der Waals surface area contributed by atoms with E-state index < -0.39 is 22.0 Å². The zero-order valence-electron chi connectivity index (χ0n) is 12.8. The van der Waals surface area contributed by atoms with E-state index >= 15 is 0 Å². The van der Waals surface area contributed by atoms with Gasteiger partial charge in [0.05, 0.1) is 16.4 Å². The summed E-state index contributed by atoms with van der Waals surface area (Å²) >= 11 is 0. The van der Waals surface area contributed by atoms with Crippen LogP contribution in [0.25, 0.3) is 0 Å². The molecule has 0 aliphatic carbocycles. The first kappa shape index (κ1) is 17.4. The van der Waals surface area contributed by atoms with Gasteiger partial charge in [0.25, 0.3) is 0 Å². The van der Waals surface area contributed by atoms with Crippen molar-refractivity contribution in [1.82, 2.24) is 4.90 Å². The molecule has 2 atom stereocenters. The van der Waals surface area contributed by atoms with E-state index in [4.69, 9.17) is 5.11 Å². The Kier molecular flexibility index (Phi) is 6.08. The van der Waals surface area contributed by atoms with Gasteiger partial charge in [0.15, 0.2) is 0 Å². The van der Waals surface area contributed by atoms with Crippen LogP contribution < -0.4 is 0 Å². The zero-order valence-corrected chi connectivity index (χ0v) is 13.6. The minimum Gasteiger partial charge on any atom is -0.478 e. The molecular formula is C15H21NO4S. The first-order valence-electron chi connectivity index (χ1n) is 6.86. The van der Waals surface area contributed by atoms with Crippen molar-refractivity contribution < 1.29 is 18.9 Å². The van der Waals surface area contributed by atoms with Gasteiger partial charge in [-0.2, -0.15) is 0 Å². The highest BCUT2D eigenvalue weighted by Gasteiger charge is 2.25.